The lowest BCUT2D eigenvalue weighted by Gasteiger charge is -2.08. The first-order chi connectivity index (χ1) is 11.0. The molecule has 1 aromatic carbocycles. The maximum Gasteiger partial charge on any atom is 0.234 e. The number of imidazole rings is 1. The maximum atomic E-state index is 12.1. The fraction of sp³-hybridized carbons (Fsp3) is 0.188. The highest BCUT2D eigenvalue weighted by molar-refractivity contribution is 7.99. The van der Waals surface area contributed by atoms with Gasteiger partial charge in [0.1, 0.15) is 0 Å². The van der Waals surface area contributed by atoms with E-state index in [9.17, 15) is 4.79 Å². The van der Waals surface area contributed by atoms with Gasteiger partial charge in [0.15, 0.2) is 10.8 Å². The Kier molecular flexibility index (Phi) is 4.54. The van der Waals surface area contributed by atoms with Gasteiger partial charge in [0.05, 0.1) is 16.3 Å². The van der Waals surface area contributed by atoms with Crippen LogP contribution in [0.1, 0.15) is 11.1 Å². The minimum atomic E-state index is -0.0739. The Hall–Kier alpha value is -2.05. The Morgan fingerprint density at radius 1 is 1.35 bits per heavy atom. The summed E-state index contributed by atoms with van der Waals surface area (Å²) in [6.07, 6.45) is 1.55. The van der Waals surface area contributed by atoms with Gasteiger partial charge in [0.2, 0.25) is 5.91 Å². The summed E-state index contributed by atoms with van der Waals surface area (Å²) in [5.41, 5.74) is 4.34. The number of nitrogens with zero attached hydrogens (tertiary/aromatic N) is 2. The number of fused-ring (bicyclic) bond motifs is 1. The zero-order chi connectivity index (χ0) is 16.4. The fourth-order valence-electron chi connectivity index (χ4n) is 2.11. The number of hydrogen-bond acceptors (Lipinski definition) is 4. The largest absolute Gasteiger partial charge is 0.331 e. The molecule has 0 bridgehead atoms. The lowest BCUT2D eigenvalue weighted by atomic mass is 10.1. The Morgan fingerprint density at radius 3 is 3.00 bits per heavy atom. The molecule has 118 valence electrons. The van der Waals surface area contributed by atoms with Gasteiger partial charge in [-0.05, 0) is 37.1 Å². The van der Waals surface area contributed by atoms with E-state index in [1.807, 2.05) is 32.0 Å². The SMILES string of the molecule is Cc1ccc(C)c(NC(=O)CSc2nc3ncc(Cl)cc3[nH]2)c1. The standard InChI is InChI=1S/C16H15ClN4OS/c1-9-3-4-10(2)12(5-9)19-14(22)8-23-16-20-13-6-11(17)7-18-15(13)21-16/h3-7H,8H2,1-2H3,(H,19,22)(H,18,20,21). The molecule has 5 nitrogen and oxygen atoms in total. The van der Waals surface area contributed by atoms with Crippen LogP contribution in [0.5, 0.6) is 0 Å². The topological polar surface area (TPSA) is 70.7 Å². The van der Waals surface area contributed by atoms with Crippen molar-refractivity contribution in [3.63, 3.8) is 0 Å². The molecule has 2 aromatic heterocycles. The summed E-state index contributed by atoms with van der Waals surface area (Å²) in [6, 6.07) is 7.74. The molecule has 0 fully saturated rings. The first-order valence-electron chi connectivity index (χ1n) is 7.02. The van der Waals surface area contributed by atoms with Crippen LogP contribution in [-0.2, 0) is 4.79 Å². The van der Waals surface area contributed by atoms with E-state index in [1.54, 1.807) is 12.3 Å². The number of thioether (sulfide) groups is 1. The molecule has 0 saturated carbocycles. The summed E-state index contributed by atoms with van der Waals surface area (Å²) in [7, 11) is 0. The number of benzene rings is 1. The molecular formula is C16H15ClN4OS. The molecule has 7 heteroatoms. The highest BCUT2D eigenvalue weighted by Gasteiger charge is 2.09. The van der Waals surface area contributed by atoms with Crippen molar-refractivity contribution in [3.8, 4) is 0 Å². The molecule has 0 aliphatic carbocycles. The van der Waals surface area contributed by atoms with E-state index in [1.165, 1.54) is 11.8 Å². The van der Waals surface area contributed by atoms with Crippen molar-refractivity contribution >= 4 is 46.1 Å². The lowest BCUT2D eigenvalue weighted by molar-refractivity contribution is -0.113. The second-order valence-corrected chi connectivity index (χ2v) is 6.62. The summed E-state index contributed by atoms with van der Waals surface area (Å²) < 4.78 is 0. The molecule has 23 heavy (non-hydrogen) atoms. The number of hydrogen-bond donors (Lipinski definition) is 2. The van der Waals surface area contributed by atoms with Crippen LogP contribution in [0.3, 0.4) is 0 Å². The van der Waals surface area contributed by atoms with Crippen LogP contribution in [0.15, 0.2) is 35.6 Å². The normalized spacial score (nSPS) is 10.9. The average Bonchev–Trinajstić information content (AvgIpc) is 2.91. The average molecular weight is 347 g/mol. The number of carbonyl (C=O) groups excluding carboxylic acids is 1. The van der Waals surface area contributed by atoms with Crippen molar-refractivity contribution < 1.29 is 4.79 Å². The van der Waals surface area contributed by atoms with Crippen LogP contribution in [0.25, 0.3) is 11.2 Å². The molecule has 3 aromatic rings. The number of rotatable bonds is 4. The van der Waals surface area contributed by atoms with Crippen LogP contribution in [0, 0.1) is 13.8 Å². The maximum absolute atomic E-state index is 12.1. The molecule has 0 radical (unpaired) electrons. The second-order valence-electron chi connectivity index (χ2n) is 5.22. The first-order valence-corrected chi connectivity index (χ1v) is 8.39. The fourth-order valence-corrected chi connectivity index (χ4v) is 2.94. The van der Waals surface area contributed by atoms with Gasteiger partial charge in [0, 0.05) is 11.9 Å². The minimum Gasteiger partial charge on any atom is -0.331 e. The number of H-pyrrole nitrogens is 1. The van der Waals surface area contributed by atoms with Crippen LogP contribution in [0.4, 0.5) is 5.69 Å². The quantitative estimate of drug-likeness (QED) is 0.701. The summed E-state index contributed by atoms with van der Waals surface area (Å²) >= 11 is 7.22. The van der Waals surface area contributed by atoms with Crippen LogP contribution < -0.4 is 5.32 Å². The van der Waals surface area contributed by atoms with Crippen molar-refractivity contribution in [2.24, 2.45) is 0 Å². The van der Waals surface area contributed by atoms with Gasteiger partial charge < -0.3 is 10.3 Å². The summed E-state index contributed by atoms with van der Waals surface area (Å²) in [4.78, 5) is 23.7. The summed E-state index contributed by atoms with van der Waals surface area (Å²) in [5, 5.41) is 4.12. The smallest absolute Gasteiger partial charge is 0.234 e. The number of nitrogens with one attached hydrogen (secondary N) is 2. The number of aromatic nitrogens is 3. The van der Waals surface area contributed by atoms with Crippen molar-refractivity contribution in [3.05, 3.63) is 46.6 Å². The zero-order valence-electron chi connectivity index (χ0n) is 12.7. The summed E-state index contributed by atoms with van der Waals surface area (Å²) in [5.74, 6) is 0.191. The van der Waals surface area contributed by atoms with Gasteiger partial charge in [-0.3, -0.25) is 4.79 Å². The number of anilines is 1. The molecule has 0 saturated heterocycles. The van der Waals surface area contributed by atoms with Gasteiger partial charge in [-0.15, -0.1) is 0 Å². The van der Waals surface area contributed by atoms with Crippen molar-refractivity contribution in [1.29, 1.82) is 0 Å². The third-order valence-electron chi connectivity index (χ3n) is 3.29. The number of halogens is 1. The number of pyridine rings is 1. The van der Waals surface area contributed by atoms with Crippen LogP contribution in [-0.4, -0.2) is 26.6 Å². The molecule has 0 aliphatic heterocycles. The van der Waals surface area contributed by atoms with E-state index in [2.05, 4.69) is 20.3 Å². The third kappa shape index (κ3) is 3.83. The molecule has 0 aliphatic rings. The first kappa shape index (κ1) is 15.8. The van der Waals surface area contributed by atoms with E-state index < -0.39 is 0 Å². The molecule has 2 N–H and O–H groups in total. The second kappa shape index (κ2) is 6.60. The Morgan fingerprint density at radius 2 is 2.17 bits per heavy atom. The van der Waals surface area contributed by atoms with E-state index in [4.69, 9.17) is 11.6 Å². The van der Waals surface area contributed by atoms with Gasteiger partial charge >= 0.3 is 0 Å². The van der Waals surface area contributed by atoms with E-state index in [-0.39, 0.29) is 11.7 Å². The lowest BCUT2D eigenvalue weighted by Crippen LogP contribution is -2.15. The van der Waals surface area contributed by atoms with Crippen molar-refractivity contribution in [2.75, 3.05) is 11.1 Å². The van der Waals surface area contributed by atoms with Gasteiger partial charge in [0.25, 0.3) is 0 Å². The summed E-state index contributed by atoms with van der Waals surface area (Å²) in [6.45, 7) is 3.97. The molecule has 0 atom stereocenters. The third-order valence-corrected chi connectivity index (χ3v) is 4.37. The number of carbonyl (C=O) groups is 1. The molecular weight excluding hydrogens is 332 g/mol. The monoisotopic (exact) mass is 346 g/mol. The molecule has 2 heterocycles. The van der Waals surface area contributed by atoms with E-state index in [0.717, 1.165) is 22.3 Å². The van der Waals surface area contributed by atoms with Gasteiger partial charge in [-0.25, -0.2) is 9.97 Å². The Balaban J connectivity index is 1.64. The highest BCUT2D eigenvalue weighted by Crippen LogP contribution is 2.21. The molecule has 1 amide bonds. The minimum absolute atomic E-state index is 0.0739. The Labute approximate surface area is 142 Å². The number of amides is 1. The highest BCUT2D eigenvalue weighted by atomic mass is 35.5. The number of aryl methyl sites for hydroxylation is 2. The zero-order valence-corrected chi connectivity index (χ0v) is 14.3. The van der Waals surface area contributed by atoms with E-state index in [0.29, 0.717) is 15.8 Å². The van der Waals surface area contributed by atoms with Gasteiger partial charge in [-0.1, -0.05) is 35.5 Å². The van der Waals surface area contributed by atoms with E-state index >= 15 is 0 Å². The number of aromatic amines is 1. The molecule has 0 spiro atoms. The van der Waals surface area contributed by atoms with Gasteiger partial charge in [-0.2, -0.15) is 0 Å². The Bertz CT molecular complexity index is 878. The predicted molar refractivity (Wildman–Crippen MR) is 94.2 cm³/mol. The van der Waals surface area contributed by atoms with Crippen LogP contribution in [0.2, 0.25) is 5.02 Å². The predicted octanol–water partition coefficient (Wildman–Crippen LogP) is 3.96. The molecule has 0 unspecified atom stereocenters. The van der Waals surface area contributed by atoms with Crippen LogP contribution >= 0.6 is 23.4 Å². The van der Waals surface area contributed by atoms with Crippen molar-refractivity contribution in [1.82, 2.24) is 15.0 Å². The molecule has 3 rings (SSSR count). The van der Waals surface area contributed by atoms with Crippen molar-refractivity contribution in [2.45, 2.75) is 19.0 Å².